The van der Waals surface area contributed by atoms with Crippen LogP contribution in [0.25, 0.3) is 0 Å². The van der Waals surface area contributed by atoms with Crippen molar-refractivity contribution in [3.05, 3.63) is 0 Å². The molecule has 3 atom stereocenters. The Morgan fingerprint density at radius 3 is 1.79 bits per heavy atom. The topological polar surface area (TPSA) is 69.6 Å². The van der Waals surface area contributed by atoms with Gasteiger partial charge in [-0.2, -0.15) is 13.2 Å². The highest BCUT2D eigenvalue weighted by Gasteiger charge is 2.51. The normalized spacial score (nSPS) is 34.1. The lowest BCUT2D eigenvalue weighted by Gasteiger charge is -1.93. The number of carboxylic acid groups (broad SMARTS) is 1. The van der Waals surface area contributed by atoms with E-state index >= 15 is 0 Å². The molecule has 2 fully saturated rings. The number of aliphatic carboxylic acids is 1. The number of piperidine rings is 1. The number of rotatable bonds is 0. The predicted molar refractivity (Wildman–Crippen MR) is 39.5 cm³/mol. The highest BCUT2D eigenvalue weighted by atomic mass is 19.4. The third-order valence-corrected chi connectivity index (χ3v) is 2.29. The van der Waals surface area contributed by atoms with Crippen molar-refractivity contribution in [3.8, 4) is 0 Å². The Morgan fingerprint density at radius 1 is 1.29 bits per heavy atom. The van der Waals surface area contributed by atoms with Gasteiger partial charge < -0.3 is 15.5 Å². The van der Waals surface area contributed by atoms with Gasteiger partial charge in [-0.3, -0.25) is 0 Å². The van der Waals surface area contributed by atoms with E-state index in [0.717, 1.165) is 13.1 Å². The van der Waals surface area contributed by atoms with Crippen LogP contribution in [0.2, 0.25) is 0 Å². The van der Waals surface area contributed by atoms with Crippen molar-refractivity contribution in [2.24, 2.45) is 11.8 Å². The van der Waals surface area contributed by atoms with Crippen LogP contribution >= 0.6 is 0 Å². The van der Waals surface area contributed by atoms with Crippen LogP contribution in [0.3, 0.4) is 0 Å². The summed E-state index contributed by atoms with van der Waals surface area (Å²) in [5, 5.41) is 19.2. The molecule has 0 aromatic heterocycles. The van der Waals surface area contributed by atoms with Gasteiger partial charge in [0.25, 0.3) is 0 Å². The van der Waals surface area contributed by atoms with E-state index in [0.29, 0.717) is 11.8 Å². The summed E-state index contributed by atoms with van der Waals surface area (Å²) in [5.74, 6) is -1.51. The number of aliphatic hydroxyl groups is 1. The van der Waals surface area contributed by atoms with Gasteiger partial charge in [0.2, 0.25) is 0 Å². The van der Waals surface area contributed by atoms with E-state index in [1.165, 1.54) is 0 Å². The molecule has 2 aliphatic rings. The molecule has 1 unspecified atom stereocenters. The number of fused-ring (bicyclic) bond motifs is 1. The van der Waals surface area contributed by atoms with Gasteiger partial charge in [0.1, 0.15) is 0 Å². The van der Waals surface area contributed by atoms with E-state index in [2.05, 4.69) is 5.32 Å². The molecule has 1 heterocycles. The van der Waals surface area contributed by atoms with E-state index in [4.69, 9.17) is 15.0 Å². The minimum absolute atomic E-state index is 0.0567. The van der Waals surface area contributed by atoms with E-state index in [9.17, 15) is 13.2 Å². The van der Waals surface area contributed by atoms with Crippen LogP contribution in [0.4, 0.5) is 13.2 Å². The summed E-state index contributed by atoms with van der Waals surface area (Å²) >= 11 is 0. The van der Waals surface area contributed by atoms with Crippen molar-refractivity contribution in [3.63, 3.8) is 0 Å². The van der Waals surface area contributed by atoms with Gasteiger partial charge in [-0.15, -0.1) is 0 Å². The molecule has 0 spiro atoms. The molecule has 4 nitrogen and oxygen atoms in total. The van der Waals surface area contributed by atoms with Crippen LogP contribution in [0.1, 0.15) is 0 Å². The summed E-state index contributed by atoms with van der Waals surface area (Å²) in [5.41, 5.74) is 0. The maximum absolute atomic E-state index is 10.6. The second-order valence-corrected chi connectivity index (χ2v) is 3.28. The monoisotopic (exact) mass is 213 g/mol. The molecule has 1 saturated carbocycles. The molecular formula is C7H10F3NO3. The number of carboxylic acids is 1. The Labute approximate surface area is 77.7 Å². The highest BCUT2D eigenvalue weighted by molar-refractivity contribution is 5.73. The zero-order chi connectivity index (χ0) is 10.9. The van der Waals surface area contributed by atoms with Crippen molar-refractivity contribution < 1.29 is 28.2 Å². The van der Waals surface area contributed by atoms with Crippen molar-refractivity contribution >= 4 is 5.97 Å². The molecule has 0 aromatic rings. The van der Waals surface area contributed by atoms with Crippen LogP contribution < -0.4 is 5.32 Å². The van der Waals surface area contributed by atoms with Crippen LogP contribution in [0, 0.1) is 11.8 Å². The van der Waals surface area contributed by atoms with Crippen molar-refractivity contribution in [2.45, 2.75) is 12.3 Å². The van der Waals surface area contributed by atoms with Crippen molar-refractivity contribution in [1.29, 1.82) is 0 Å². The van der Waals surface area contributed by atoms with E-state index in [1.807, 2.05) is 0 Å². The highest BCUT2D eigenvalue weighted by Crippen LogP contribution is 2.41. The van der Waals surface area contributed by atoms with Crippen molar-refractivity contribution in [1.82, 2.24) is 5.32 Å². The first-order valence-corrected chi connectivity index (χ1v) is 4.03. The van der Waals surface area contributed by atoms with Gasteiger partial charge in [0.05, 0.1) is 6.10 Å². The molecule has 1 aliphatic carbocycles. The molecule has 1 saturated heterocycles. The fraction of sp³-hybridized carbons (Fsp3) is 0.857. The number of hydrogen-bond acceptors (Lipinski definition) is 3. The Morgan fingerprint density at radius 2 is 1.64 bits per heavy atom. The van der Waals surface area contributed by atoms with Gasteiger partial charge in [-0.25, -0.2) is 4.79 Å². The first kappa shape index (κ1) is 11.3. The summed E-state index contributed by atoms with van der Waals surface area (Å²) in [6.07, 6.45) is -5.03. The Balaban J connectivity index is 0.000000140. The third-order valence-electron chi connectivity index (χ3n) is 2.29. The number of alkyl halides is 3. The second-order valence-electron chi connectivity index (χ2n) is 3.28. The standard InChI is InChI=1S/C5H9NO.C2HF3O2/c7-5-3-1-6-2-4(3)5;3-2(4,5)1(6)7/h3-7H,1-2H2;(H,6,7)/t3-,4+,5?;. The van der Waals surface area contributed by atoms with Gasteiger partial charge in [-0.05, 0) is 0 Å². The van der Waals surface area contributed by atoms with Crippen molar-refractivity contribution in [2.75, 3.05) is 13.1 Å². The first-order chi connectivity index (χ1) is 6.34. The predicted octanol–water partition coefficient (Wildman–Crippen LogP) is -0.170. The minimum atomic E-state index is -5.08. The van der Waals surface area contributed by atoms with Gasteiger partial charge in [0.15, 0.2) is 0 Å². The molecule has 3 N–H and O–H groups in total. The Bertz CT molecular complexity index is 221. The average Bonchev–Trinajstić information content (AvgIpc) is 2.47. The van der Waals surface area contributed by atoms with Crippen LogP contribution in [0.15, 0.2) is 0 Å². The van der Waals surface area contributed by atoms with E-state index in [-0.39, 0.29) is 6.10 Å². The summed E-state index contributed by atoms with van der Waals surface area (Å²) in [6.45, 7) is 2.09. The second kappa shape index (κ2) is 3.74. The molecule has 2 rings (SSSR count). The summed E-state index contributed by atoms with van der Waals surface area (Å²) in [7, 11) is 0. The van der Waals surface area contributed by atoms with Crippen LogP contribution in [0.5, 0.6) is 0 Å². The Hall–Kier alpha value is -0.820. The largest absolute Gasteiger partial charge is 0.490 e. The smallest absolute Gasteiger partial charge is 0.475 e. The zero-order valence-electron chi connectivity index (χ0n) is 7.08. The summed E-state index contributed by atoms with van der Waals surface area (Å²) in [6, 6.07) is 0. The van der Waals surface area contributed by atoms with E-state index in [1.54, 1.807) is 0 Å². The molecule has 14 heavy (non-hydrogen) atoms. The zero-order valence-corrected chi connectivity index (χ0v) is 7.08. The molecule has 0 radical (unpaired) electrons. The van der Waals surface area contributed by atoms with Gasteiger partial charge in [-0.1, -0.05) is 0 Å². The third kappa shape index (κ3) is 2.58. The number of nitrogens with one attached hydrogen (secondary N) is 1. The lowest BCUT2D eigenvalue weighted by Crippen LogP contribution is -2.21. The first-order valence-electron chi connectivity index (χ1n) is 4.03. The summed E-state index contributed by atoms with van der Waals surface area (Å²) in [4.78, 5) is 8.90. The van der Waals surface area contributed by atoms with E-state index < -0.39 is 12.1 Å². The fourth-order valence-corrected chi connectivity index (χ4v) is 1.39. The maximum Gasteiger partial charge on any atom is 0.490 e. The van der Waals surface area contributed by atoms with Crippen LogP contribution in [-0.2, 0) is 4.79 Å². The number of hydrogen-bond donors (Lipinski definition) is 3. The molecule has 0 aromatic carbocycles. The SMILES string of the molecule is O=C(O)C(F)(F)F.OC1[C@H]2CNC[C@@H]12. The quantitative estimate of drug-likeness (QED) is 0.522. The van der Waals surface area contributed by atoms with Gasteiger partial charge in [0, 0.05) is 24.9 Å². The number of aliphatic hydroxyl groups excluding tert-OH is 1. The minimum Gasteiger partial charge on any atom is -0.475 e. The number of halogens is 3. The lowest BCUT2D eigenvalue weighted by atomic mass is 10.4. The average molecular weight is 213 g/mol. The number of carbonyl (C=O) groups is 1. The lowest BCUT2D eigenvalue weighted by molar-refractivity contribution is -0.192. The van der Waals surface area contributed by atoms with Gasteiger partial charge >= 0.3 is 12.1 Å². The van der Waals surface area contributed by atoms with Crippen LogP contribution in [-0.4, -0.2) is 41.6 Å². The summed E-state index contributed by atoms with van der Waals surface area (Å²) < 4.78 is 31.7. The molecule has 0 bridgehead atoms. The molecule has 7 heteroatoms. The molecule has 0 amide bonds. The maximum atomic E-state index is 10.6. The Kier molecular flexibility index (Phi) is 3.01. The molecular weight excluding hydrogens is 203 g/mol. The molecule has 82 valence electrons. The molecule has 1 aliphatic heterocycles. The fourth-order valence-electron chi connectivity index (χ4n) is 1.39.